The van der Waals surface area contributed by atoms with Gasteiger partial charge in [-0.05, 0) is 178 Å². The van der Waals surface area contributed by atoms with Gasteiger partial charge >= 0.3 is 101 Å². The van der Waals surface area contributed by atoms with E-state index in [2.05, 4.69) is 411 Å². The molecule has 0 aliphatic carbocycles. The van der Waals surface area contributed by atoms with Crippen molar-refractivity contribution in [3.63, 3.8) is 0 Å². The third kappa shape index (κ3) is 24.5. The van der Waals surface area contributed by atoms with Crippen LogP contribution in [0.3, 0.4) is 0 Å². The zero-order chi connectivity index (χ0) is 90.5. The van der Waals surface area contributed by atoms with Gasteiger partial charge in [-0.3, -0.25) is 24.9 Å². The fourth-order valence-corrected chi connectivity index (χ4v) is 19.4. The Balaban J connectivity index is 0.000000459. The molecule has 10 aromatic heterocycles. The van der Waals surface area contributed by atoms with Crippen molar-refractivity contribution in [3.8, 4) is 22.5 Å². The van der Waals surface area contributed by atoms with Crippen molar-refractivity contribution in [3.05, 3.63) is 421 Å². The van der Waals surface area contributed by atoms with Crippen LogP contribution in [0.1, 0.15) is 227 Å². The fraction of sp³-hybridized carbons (Fsp3) is 0.248. The van der Waals surface area contributed by atoms with E-state index in [1.807, 2.05) is 42.5 Å². The molecule has 0 aliphatic rings. The van der Waals surface area contributed by atoms with Crippen LogP contribution in [0.2, 0.25) is 0 Å². The van der Waals surface area contributed by atoms with Crippen molar-refractivity contribution in [1.82, 2.24) is 46.9 Å². The van der Waals surface area contributed by atoms with Crippen molar-refractivity contribution >= 4 is 137 Å². The van der Waals surface area contributed by atoms with Crippen molar-refractivity contribution in [2.24, 2.45) is 10.8 Å². The molecule has 144 heavy (non-hydrogen) atoms. The summed E-state index contributed by atoms with van der Waals surface area (Å²) in [5.74, 6) is 2.61. The molecule has 0 saturated heterocycles. The number of hydrogen-bond acceptors (Lipinski definition) is 5. The third-order valence-corrected chi connectivity index (χ3v) is 25.7. The number of benzene rings is 12. The number of aromatic nitrogens is 10. The fourth-order valence-electron chi connectivity index (χ4n) is 19.4. The summed E-state index contributed by atoms with van der Waals surface area (Å²) in [5, 5.41) is 17.9. The SMILES string of the molecule is CC(C)c1cc(C(C)C)c(-c2cnc3c4[c-]cccc4c4cc(CC(C)(C)C)ccc4n23)c(C(C)C)c1.CC(C)c1cn2c3ccccc3c3ccc[c-]c3c2n1.Cc1ccc2c(c1)c1ccc[c-]c1c1nc(CC(C)(C)C)cn21.Cc1ccc2c(c1)c1ccc[c-]c1c1ncc(-c3c(C(C)C)cccc3C(C)C)n21.Cc1nc2c3[c-]cccc3c3ccccc3n2c1C.[CH3-].[CH3-].[CH3-].[CH3-].[CH3-].[CH3-].[CH3-].[CH3-].[CH3-].[CH3-].[Ir+3].[Ir+3].[Ir+3].[Ir+3].[Ir+3]. The Morgan fingerprint density at radius 3 is 1.07 bits per heavy atom. The second-order valence-electron chi connectivity index (χ2n) is 39.8. The van der Waals surface area contributed by atoms with Gasteiger partial charge in [-0.25, -0.2) is 0 Å². The Kier molecular flexibility index (Phi) is 46.3. The molecule has 10 heterocycles. The number of imidazole rings is 5. The van der Waals surface area contributed by atoms with Crippen molar-refractivity contribution < 1.29 is 101 Å². The third-order valence-electron chi connectivity index (χ3n) is 25.7. The molecule has 0 bridgehead atoms. The zero-order valence-corrected chi connectivity index (χ0v) is 103. The smallest absolute Gasteiger partial charge is 0.358 e. The molecule has 758 valence electrons. The molecule has 0 unspecified atom stereocenters. The van der Waals surface area contributed by atoms with Crippen LogP contribution in [0, 0.1) is 143 Å². The minimum atomic E-state index is 0. The van der Waals surface area contributed by atoms with Crippen LogP contribution in [0.15, 0.2) is 249 Å². The van der Waals surface area contributed by atoms with E-state index < -0.39 is 0 Å². The van der Waals surface area contributed by atoms with Gasteiger partial charge in [0.25, 0.3) is 0 Å². The van der Waals surface area contributed by atoms with E-state index in [1.165, 1.54) is 154 Å². The molecule has 0 spiro atoms. The van der Waals surface area contributed by atoms with Crippen LogP contribution < -0.4 is 0 Å². The molecular formula is C129H147Ir5N10. The number of fused-ring (bicyclic) bond motifs is 30. The Morgan fingerprint density at radius 1 is 0.292 bits per heavy atom. The first-order valence-corrected chi connectivity index (χ1v) is 46.2. The van der Waals surface area contributed by atoms with Crippen molar-refractivity contribution in [2.45, 2.75) is 201 Å². The van der Waals surface area contributed by atoms with Gasteiger partial charge in [0.15, 0.2) is 0 Å². The van der Waals surface area contributed by atoms with Gasteiger partial charge in [0.1, 0.15) is 0 Å². The van der Waals surface area contributed by atoms with Crippen LogP contribution >= 0.6 is 0 Å². The maximum Gasteiger partial charge on any atom is 3.00 e. The van der Waals surface area contributed by atoms with Crippen molar-refractivity contribution in [2.75, 3.05) is 0 Å². The van der Waals surface area contributed by atoms with Gasteiger partial charge in [-0.2, -0.15) is 0 Å². The van der Waals surface area contributed by atoms with Gasteiger partial charge in [-0.1, -0.05) is 266 Å². The standard InChI is InChI=1S/C35H41N2.C28H27N2.C21H21N2.C18H15N2.C17H13N2.10CH3.5Ir/c1-21(2)25-17-28(22(3)4)33(29(18-25)23(5)6)32-20-36-34-27-13-11-10-12-26(27)30-16-24(19-35(7,8)9)14-15-31(30)37(32)34;1-17(2)20-11-8-12-21(18(3)4)27(20)26-16-29-28-23-10-7-6-9-22(23)24-15-19(5)13-14-25(24)30(26)28;1-14-9-10-19-18(11-14)16-7-5-6-8-17(16)20-22-15(13-23(19)20)12-21(2,3)4;1-12(2)16-11-20-17-10-6-5-8-14(17)13-7-3-4-9-15(13)18(20)19-16;1-11-12(2)19-16-10-6-5-8-14(16)13-7-3-4-9-15(13)17(19)18-11;;;;;;;;;;;;;;;/h10-12,14-18,20-23H,19H2,1-9H3;6-9,11-18H,1-5H3;5-7,9-11,13H,12H2,1-4H3;3-8,10-12H,1-2H3;3-8,10H,1-2H3;10*1H3;;;;;/q15*-1;5*+3. The molecule has 12 aromatic carbocycles. The summed E-state index contributed by atoms with van der Waals surface area (Å²) in [6.07, 6.45) is 10.5. The first-order valence-electron chi connectivity index (χ1n) is 46.2. The Bertz CT molecular complexity index is 7990. The largest absolute Gasteiger partial charge is 3.00 e. The van der Waals surface area contributed by atoms with E-state index in [9.17, 15) is 0 Å². The molecule has 22 rings (SSSR count). The molecule has 0 aliphatic heterocycles. The van der Waals surface area contributed by atoms with Gasteiger partial charge in [0.2, 0.25) is 0 Å². The van der Waals surface area contributed by atoms with Crippen LogP contribution in [0.4, 0.5) is 0 Å². The van der Waals surface area contributed by atoms with E-state index in [0.29, 0.717) is 35.5 Å². The summed E-state index contributed by atoms with van der Waals surface area (Å²) in [4.78, 5) is 24.4. The predicted molar refractivity (Wildman–Crippen MR) is 610 cm³/mol. The summed E-state index contributed by atoms with van der Waals surface area (Å²) in [5.41, 5.74) is 31.9. The monoisotopic (exact) mass is 2800 g/mol. The van der Waals surface area contributed by atoms with E-state index >= 15 is 0 Å². The number of hydrogen-bond donors (Lipinski definition) is 0. The van der Waals surface area contributed by atoms with E-state index in [-0.39, 0.29) is 186 Å². The van der Waals surface area contributed by atoms with Gasteiger partial charge in [0, 0.05) is 86.3 Å². The maximum absolute atomic E-state index is 5.05. The Hall–Kier alpha value is -10.1. The zero-order valence-electron chi connectivity index (χ0n) is 90.7. The summed E-state index contributed by atoms with van der Waals surface area (Å²) >= 11 is 0. The predicted octanol–water partition coefficient (Wildman–Crippen LogP) is 36.2. The Morgan fingerprint density at radius 2 is 0.639 bits per heavy atom. The maximum atomic E-state index is 5.05. The minimum absolute atomic E-state index is 0. The summed E-state index contributed by atoms with van der Waals surface area (Å²) in [6.45, 7) is 49.5. The Labute approximate surface area is 930 Å². The van der Waals surface area contributed by atoms with Gasteiger partial charge in [-0.15, -0.1) is 148 Å². The molecule has 0 fully saturated rings. The van der Waals surface area contributed by atoms with Gasteiger partial charge < -0.3 is 96.3 Å². The number of para-hydroxylation sites is 2. The molecule has 15 heteroatoms. The summed E-state index contributed by atoms with van der Waals surface area (Å²) < 4.78 is 11.4. The van der Waals surface area contributed by atoms with E-state index in [1.54, 1.807) is 0 Å². The molecule has 0 amide bonds. The number of aryl methyl sites for hydroxylation is 4. The molecule has 0 atom stereocenters. The van der Waals surface area contributed by atoms with Gasteiger partial charge in [0.05, 0.1) is 39.6 Å². The average Bonchev–Trinajstić information content (AvgIpc) is 1.50. The molecule has 0 radical (unpaired) electrons. The number of nitrogens with zero attached hydrogens (tertiary/aromatic N) is 10. The van der Waals surface area contributed by atoms with E-state index in [0.717, 1.165) is 85.1 Å². The second-order valence-corrected chi connectivity index (χ2v) is 39.8. The number of rotatable bonds is 10. The van der Waals surface area contributed by atoms with Crippen molar-refractivity contribution in [1.29, 1.82) is 0 Å². The molecule has 0 N–H and O–H groups in total. The summed E-state index contributed by atoms with van der Waals surface area (Å²) in [7, 11) is 0. The first kappa shape index (κ1) is 128. The summed E-state index contributed by atoms with van der Waals surface area (Å²) in [6, 6.07) is 97.1. The van der Waals surface area contributed by atoms with Crippen LogP contribution in [-0.2, 0) is 113 Å². The quantitative estimate of drug-likeness (QED) is 0.101. The molecule has 0 saturated carbocycles. The van der Waals surface area contributed by atoms with Crippen LogP contribution in [-0.4, -0.2) is 46.9 Å². The molecule has 22 aromatic rings. The molecular weight excluding hydrogens is 2650 g/mol. The average molecular weight is 2800 g/mol. The van der Waals surface area contributed by atoms with Crippen LogP contribution in [0.25, 0.3) is 159 Å². The topological polar surface area (TPSA) is 86.5 Å². The van der Waals surface area contributed by atoms with Crippen LogP contribution in [0.5, 0.6) is 0 Å². The minimum Gasteiger partial charge on any atom is -0.358 e. The second kappa shape index (κ2) is 52.0. The van der Waals surface area contributed by atoms with E-state index in [4.69, 9.17) is 24.9 Å². The normalized spacial score (nSPS) is 11.0. The first-order chi connectivity index (χ1) is 61.9. The molecule has 10 nitrogen and oxygen atoms in total. The number of pyridine rings is 5.